The Kier molecular flexibility index (Phi) is 11.2. The summed E-state index contributed by atoms with van der Waals surface area (Å²) in [5.74, 6) is 0. The van der Waals surface area contributed by atoms with Gasteiger partial charge in [0, 0.05) is 50.8 Å². The molecule has 3 nitrogen and oxygen atoms in total. The van der Waals surface area contributed by atoms with Crippen molar-refractivity contribution in [2.45, 2.75) is 142 Å². The predicted molar refractivity (Wildman–Crippen MR) is 320 cm³/mol. The Hall–Kier alpha value is -6.78. The molecule has 1 fully saturated rings. The summed E-state index contributed by atoms with van der Waals surface area (Å²) in [5.41, 5.74) is 25.7. The van der Waals surface area contributed by atoms with Crippen molar-refractivity contribution in [3.05, 3.63) is 198 Å². The fraction of sp³-hybridized carbons (Fsp3) is 0.314. The lowest BCUT2D eigenvalue weighted by molar-refractivity contribution is 0.261. The average molecular weight is 968 g/mol. The van der Waals surface area contributed by atoms with Gasteiger partial charge in [0.25, 0.3) is 6.71 Å². The number of rotatable bonds is 5. The fourth-order valence-electron chi connectivity index (χ4n) is 13.5. The minimum atomic E-state index is -0.104. The van der Waals surface area contributed by atoms with Crippen LogP contribution in [0.5, 0.6) is 0 Å². The van der Waals surface area contributed by atoms with Gasteiger partial charge in [-0.3, -0.25) is 0 Å². The number of aryl methyl sites for hydroxylation is 1. The summed E-state index contributed by atoms with van der Waals surface area (Å²) in [5, 5.41) is 0. The quantitative estimate of drug-likeness (QED) is 0.159. The lowest BCUT2D eigenvalue weighted by Gasteiger charge is -2.48. The molecule has 3 aliphatic heterocycles. The summed E-state index contributed by atoms with van der Waals surface area (Å²) in [7, 11) is 0. The van der Waals surface area contributed by atoms with E-state index in [4.69, 9.17) is 0 Å². The molecule has 2 atom stereocenters. The van der Waals surface area contributed by atoms with Gasteiger partial charge in [-0.25, -0.2) is 0 Å². The highest BCUT2D eigenvalue weighted by atomic mass is 15.3. The third kappa shape index (κ3) is 7.59. The molecule has 8 aromatic carbocycles. The molecule has 0 bridgehead atoms. The van der Waals surface area contributed by atoms with Gasteiger partial charge in [-0.1, -0.05) is 198 Å². The molecular weight excluding hydrogens is 894 g/mol. The normalized spacial score (nSPS) is 19.1. The Labute approximate surface area is 443 Å². The number of nitrogens with zero attached hydrogens (tertiary/aromatic N) is 3. The Balaban J connectivity index is 1.15. The number of hydrogen-bond donors (Lipinski definition) is 0. The molecule has 4 aliphatic rings. The molecule has 0 saturated heterocycles. The van der Waals surface area contributed by atoms with Crippen LogP contribution in [0.15, 0.2) is 170 Å². The topological polar surface area (TPSA) is 9.72 Å². The maximum atomic E-state index is 2.80. The van der Waals surface area contributed by atoms with Crippen molar-refractivity contribution >= 4 is 68.6 Å². The SMILES string of the molecule is Cc1cc2c3c(c1)N(c1ccc(C(C)(C)C)cc1-c1ccccc1)c1ccc(-c4ccccc4)cc1B3c1ccc(N3c4ccc(C(C)(C)C)cc4C4(C)CCCCCC34C)cc1N2c1ccc(C(C)(C)C)cc1. The van der Waals surface area contributed by atoms with Crippen LogP contribution in [-0.4, -0.2) is 12.3 Å². The summed E-state index contributed by atoms with van der Waals surface area (Å²) in [4.78, 5) is 8.05. The maximum Gasteiger partial charge on any atom is 0.252 e. The van der Waals surface area contributed by atoms with Crippen LogP contribution in [0.25, 0.3) is 22.3 Å². The van der Waals surface area contributed by atoms with Crippen LogP contribution in [0, 0.1) is 6.92 Å². The van der Waals surface area contributed by atoms with E-state index in [1.165, 1.54) is 138 Å². The highest BCUT2D eigenvalue weighted by Gasteiger charge is 2.57. The Morgan fingerprint density at radius 3 is 1.65 bits per heavy atom. The van der Waals surface area contributed by atoms with Gasteiger partial charge >= 0.3 is 0 Å². The van der Waals surface area contributed by atoms with E-state index < -0.39 is 0 Å². The lowest BCUT2D eigenvalue weighted by atomic mass is 9.33. The minimum Gasteiger partial charge on any atom is -0.334 e. The van der Waals surface area contributed by atoms with Crippen LogP contribution in [0.3, 0.4) is 0 Å². The number of benzene rings is 8. The molecule has 1 aliphatic carbocycles. The minimum absolute atomic E-state index is 0.000375. The maximum absolute atomic E-state index is 2.80. The number of fused-ring (bicyclic) bond motifs is 7. The highest BCUT2D eigenvalue weighted by molar-refractivity contribution is 7.00. The predicted octanol–water partition coefficient (Wildman–Crippen LogP) is 17.4. The Morgan fingerprint density at radius 1 is 0.419 bits per heavy atom. The molecule has 8 aromatic rings. The molecule has 4 heteroatoms. The second-order valence-corrected chi connectivity index (χ2v) is 25.8. The van der Waals surface area contributed by atoms with E-state index in [-0.39, 0.29) is 33.9 Å². The van der Waals surface area contributed by atoms with E-state index >= 15 is 0 Å². The van der Waals surface area contributed by atoms with Crippen LogP contribution < -0.4 is 31.1 Å². The molecule has 0 N–H and O–H groups in total. The molecule has 0 radical (unpaired) electrons. The second kappa shape index (κ2) is 17.1. The van der Waals surface area contributed by atoms with E-state index in [9.17, 15) is 0 Å². The summed E-state index contributed by atoms with van der Waals surface area (Å²) < 4.78 is 0. The zero-order valence-corrected chi connectivity index (χ0v) is 46.1. The summed E-state index contributed by atoms with van der Waals surface area (Å²) >= 11 is 0. The Morgan fingerprint density at radius 2 is 0.986 bits per heavy atom. The van der Waals surface area contributed by atoms with Crippen LogP contribution in [0.2, 0.25) is 0 Å². The van der Waals surface area contributed by atoms with Crippen molar-refractivity contribution in [1.82, 2.24) is 0 Å². The van der Waals surface area contributed by atoms with Crippen molar-refractivity contribution in [3.63, 3.8) is 0 Å². The van der Waals surface area contributed by atoms with Crippen molar-refractivity contribution < 1.29 is 0 Å². The van der Waals surface area contributed by atoms with Crippen LogP contribution in [0.4, 0.5) is 45.5 Å². The molecule has 12 rings (SSSR count). The van der Waals surface area contributed by atoms with Gasteiger partial charge in [-0.05, 0) is 164 Å². The summed E-state index contributed by atoms with van der Waals surface area (Å²) in [6.45, 7) is 28.5. The van der Waals surface area contributed by atoms with Crippen molar-refractivity contribution in [2.75, 3.05) is 14.7 Å². The van der Waals surface area contributed by atoms with Gasteiger partial charge < -0.3 is 14.7 Å². The molecule has 0 spiro atoms. The van der Waals surface area contributed by atoms with E-state index in [1.54, 1.807) is 0 Å². The smallest absolute Gasteiger partial charge is 0.252 e. The van der Waals surface area contributed by atoms with E-state index in [1.807, 2.05) is 0 Å². The fourth-order valence-corrected chi connectivity index (χ4v) is 13.5. The monoisotopic (exact) mass is 968 g/mol. The molecule has 372 valence electrons. The summed E-state index contributed by atoms with van der Waals surface area (Å²) in [6, 6.07) is 66.1. The lowest BCUT2D eigenvalue weighted by Crippen LogP contribution is -2.61. The summed E-state index contributed by atoms with van der Waals surface area (Å²) in [6.07, 6.45) is 6.12. The largest absolute Gasteiger partial charge is 0.334 e. The first-order chi connectivity index (χ1) is 35.2. The zero-order chi connectivity index (χ0) is 51.7. The number of anilines is 8. The first-order valence-corrected chi connectivity index (χ1v) is 27.6. The Bertz CT molecular complexity index is 3480. The molecule has 1 saturated carbocycles. The molecule has 2 unspecified atom stereocenters. The van der Waals surface area contributed by atoms with Gasteiger partial charge in [-0.15, -0.1) is 0 Å². The van der Waals surface area contributed by atoms with Crippen molar-refractivity contribution in [3.8, 4) is 22.3 Å². The zero-order valence-electron chi connectivity index (χ0n) is 46.1. The van der Waals surface area contributed by atoms with Gasteiger partial charge in [0.2, 0.25) is 0 Å². The van der Waals surface area contributed by atoms with Crippen LogP contribution >= 0.6 is 0 Å². The van der Waals surface area contributed by atoms with Gasteiger partial charge in [0.05, 0.1) is 11.2 Å². The third-order valence-electron chi connectivity index (χ3n) is 18.0. The third-order valence-corrected chi connectivity index (χ3v) is 18.0. The first-order valence-electron chi connectivity index (χ1n) is 27.6. The molecule has 0 aromatic heterocycles. The second-order valence-electron chi connectivity index (χ2n) is 25.8. The molecular formula is C70H74BN3. The van der Waals surface area contributed by atoms with Crippen LogP contribution in [-0.2, 0) is 21.7 Å². The van der Waals surface area contributed by atoms with Gasteiger partial charge in [0.1, 0.15) is 0 Å². The number of hydrogen-bond acceptors (Lipinski definition) is 3. The molecule has 3 heterocycles. The van der Waals surface area contributed by atoms with E-state index in [0.717, 1.165) is 6.42 Å². The molecule has 0 amide bonds. The first kappa shape index (κ1) is 48.2. The van der Waals surface area contributed by atoms with E-state index in [0.29, 0.717) is 0 Å². The van der Waals surface area contributed by atoms with Crippen LogP contribution in [0.1, 0.15) is 136 Å². The highest BCUT2D eigenvalue weighted by Crippen LogP contribution is 2.61. The average Bonchev–Trinajstić information content (AvgIpc) is 3.48. The van der Waals surface area contributed by atoms with Crippen molar-refractivity contribution in [2.24, 2.45) is 0 Å². The standard InChI is InChI=1S/C70H74BN3/c1-46-40-63-65-64(41-46)73(59-36-29-51(67(5,6)7)43-55(59)48-24-18-14-19-25-48)61-35-26-49(47-22-16-13-17-23-47)42-58(61)71(65)57-34-33-54(45-62(57)72(63)53-31-27-50(28-32-53)66(2,3)4)74-60-37-30-52(68(8,9)10)44-56(60)69(11)38-20-15-21-39-70(69,74)12/h13-14,16-19,22-37,40-45H,15,20-21,38-39H2,1-12H3. The molecule has 74 heavy (non-hydrogen) atoms. The van der Waals surface area contributed by atoms with E-state index in [2.05, 4.69) is 268 Å². The van der Waals surface area contributed by atoms with Crippen molar-refractivity contribution in [1.29, 1.82) is 0 Å². The van der Waals surface area contributed by atoms with Gasteiger partial charge in [0.15, 0.2) is 0 Å². The van der Waals surface area contributed by atoms with Gasteiger partial charge in [-0.2, -0.15) is 0 Å².